The van der Waals surface area contributed by atoms with E-state index in [1.807, 2.05) is 0 Å². The van der Waals surface area contributed by atoms with Crippen LogP contribution in [0.3, 0.4) is 0 Å². The molecule has 0 amide bonds. The van der Waals surface area contributed by atoms with Crippen LogP contribution in [-0.4, -0.2) is 21.8 Å². The summed E-state index contributed by atoms with van der Waals surface area (Å²) < 4.78 is 7.40. The van der Waals surface area contributed by atoms with Gasteiger partial charge in [-0.15, -0.1) is 0 Å². The summed E-state index contributed by atoms with van der Waals surface area (Å²) in [6.07, 6.45) is 0. The van der Waals surface area contributed by atoms with Crippen LogP contribution in [0.5, 0.6) is 0 Å². The Labute approximate surface area is 407 Å². The van der Waals surface area contributed by atoms with E-state index in [1.165, 1.54) is 97.3 Å². The number of benzene rings is 11. The molecule has 0 saturated carbocycles. The highest BCUT2D eigenvalue weighted by Crippen LogP contribution is 2.44. The van der Waals surface area contributed by atoms with Gasteiger partial charge >= 0.3 is 0 Å². The zero-order valence-corrected chi connectivity index (χ0v) is 39.3. The second kappa shape index (κ2) is 16.1. The Balaban J connectivity index is 0.979. The van der Waals surface area contributed by atoms with E-state index in [9.17, 15) is 0 Å². The number of fused-ring (bicyclic) bond motifs is 9. The predicted molar refractivity (Wildman–Crippen MR) is 299 cm³/mol. The van der Waals surface area contributed by atoms with E-state index in [0.29, 0.717) is 0 Å². The number of aromatic nitrogens is 3. The van der Waals surface area contributed by atoms with Gasteiger partial charge in [-0.3, -0.25) is 0 Å². The van der Waals surface area contributed by atoms with Crippen molar-refractivity contribution in [2.75, 3.05) is 0 Å². The molecule has 70 heavy (non-hydrogen) atoms. The molecule has 328 valence electrons. The standard InChI is InChI=1S/C66H45N3Si/c1-5-21-46(22-6-1)69-61-36-17-14-30-54(61)57-33-19-34-58(66(57)69)56-32-20-38-63-65(56)59-31-15-18-37-62(59)68(63)48-41-44-55-53-29-13-16-35-60(53)67(64(55)45-48)47-39-42-52(43-40-47)70(49-23-7-2-8-24-49,50-25-9-3-10-26-50)51-27-11-4-12-28-51/h1-45H. The van der Waals surface area contributed by atoms with Crippen LogP contribution in [0.2, 0.25) is 0 Å². The fraction of sp³-hybridized carbons (Fsp3) is 0. The Hall–Kier alpha value is -8.96. The molecule has 0 radical (unpaired) electrons. The van der Waals surface area contributed by atoms with E-state index >= 15 is 0 Å². The lowest BCUT2D eigenvalue weighted by Gasteiger charge is -2.34. The third kappa shape index (κ3) is 5.94. The van der Waals surface area contributed by atoms with Gasteiger partial charge in [0.25, 0.3) is 0 Å². The van der Waals surface area contributed by atoms with Crippen LogP contribution < -0.4 is 20.7 Å². The Morgan fingerprint density at radius 3 is 1.26 bits per heavy atom. The summed E-state index contributed by atoms with van der Waals surface area (Å²) in [5, 5.41) is 12.9. The van der Waals surface area contributed by atoms with E-state index in [-0.39, 0.29) is 0 Å². The number of hydrogen-bond donors (Lipinski definition) is 0. The monoisotopic (exact) mass is 907 g/mol. The first kappa shape index (κ1) is 40.1. The summed E-state index contributed by atoms with van der Waals surface area (Å²) in [6.45, 7) is 0. The second-order valence-corrected chi connectivity index (χ2v) is 22.2. The van der Waals surface area contributed by atoms with E-state index in [2.05, 4.69) is 287 Å². The molecule has 0 fully saturated rings. The van der Waals surface area contributed by atoms with Crippen molar-refractivity contribution in [1.82, 2.24) is 13.7 Å². The molecule has 14 rings (SSSR count). The first-order chi connectivity index (χ1) is 34.8. The van der Waals surface area contributed by atoms with Gasteiger partial charge in [0.15, 0.2) is 8.07 Å². The fourth-order valence-corrected chi connectivity index (χ4v) is 16.6. The van der Waals surface area contributed by atoms with Crippen molar-refractivity contribution in [2.24, 2.45) is 0 Å². The minimum atomic E-state index is -2.70. The van der Waals surface area contributed by atoms with Gasteiger partial charge in [-0.2, -0.15) is 0 Å². The summed E-state index contributed by atoms with van der Waals surface area (Å²) >= 11 is 0. The van der Waals surface area contributed by atoms with Crippen molar-refractivity contribution in [3.63, 3.8) is 0 Å². The highest BCUT2D eigenvalue weighted by molar-refractivity contribution is 7.19. The van der Waals surface area contributed by atoms with Crippen molar-refractivity contribution in [2.45, 2.75) is 0 Å². The van der Waals surface area contributed by atoms with Gasteiger partial charge in [0, 0.05) is 54.9 Å². The lowest BCUT2D eigenvalue weighted by Crippen LogP contribution is -2.74. The first-order valence-electron chi connectivity index (χ1n) is 24.2. The van der Waals surface area contributed by atoms with Gasteiger partial charge in [0.05, 0.1) is 33.1 Å². The zero-order valence-electron chi connectivity index (χ0n) is 38.3. The molecule has 3 aromatic heterocycles. The van der Waals surface area contributed by atoms with E-state index in [0.717, 1.165) is 17.1 Å². The average Bonchev–Trinajstić information content (AvgIpc) is 4.09. The van der Waals surface area contributed by atoms with E-state index in [1.54, 1.807) is 0 Å². The molecule has 4 heteroatoms. The lowest BCUT2D eigenvalue weighted by molar-refractivity contribution is 1.16. The zero-order chi connectivity index (χ0) is 46.2. The normalized spacial score (nSPS) is 12.0. The SMILES string of the molecule is c1ccc(-n2c3ccccc3c3cccc(-c4cccc5c4c4ccccc4n5-c4ccc5c6ccccc6n(-c6ccc([Si](c7ccccc7)(c7ccccc7)c7ccccc7)cc6)c5c4)c32)cc1. The third-order valence-corrected chi connectivity index (χ3v) is 19.6. The minimum Gasteiger partial charge on any atom is -0.309 e. The van der Waals surface area contributed by atoms with E-state index < -0.39 is 8.07 Å². The Morgan fingerprint density at radius 2 is 0.629 bits per heavy atom. The van der Waals surface area contributed by atoms with Gasteiger partial charge in [-0.05, 0) is 87.0 Å². The van der Waals surface area contributed by atoms with Crippen molar-refractivity contribution < 1.29 is 0 Å². The molecule has 0 aliphatic carbocycles. The van der Waals surface area contributed by atoms with Gasteiger partial charge < -0.3 is 13.7 Å². The van der Waals surface area contributed by atoms with Gasteiger partial charge in [0.2, 0.25) is 0 Å². The van der Waals surface area contributed by atoms with Crippen molar-refractivity contribution in [3.05, 3.63) is 273 Å². The number of nitrogens with zero attached hydrogens (tertiary/aromatic N) is 3. The van der Waals surface area contributed by atoms with Crippen molar-refractivity contribution >= 4 is 94.2 Å². The highest BCUT2D eigenvalue weighted by Gasteiger charge is 2.41. The Morgan fingerprint density at radius 1 is 0.229 bits per heavy atom. The molecule has 0 bridgehead atoms. The minimum absolute atomic E-state index is 1.12. The predicted octanol–water partition coefficient (Wildman–Crippen LogP) is 14.0. The summed E-state index contributed by atoms with van der Waals surface area (Å²) in [7, 11) is -2.70. The summed E-state index contributed by atoms with van der Waals surface area (Å²) in [6, 6.07) is 101. The summed E-state index contributed by atoms with van der Waals surface area (Å²) in [4.78, 5) is 0. The molecule has 0 atom stereocenters. The molecule has 14 aromatic rings. The molecule has 0 unspecified atom stereocenters. The fourth-order valence-electron chi connectivity index (χ4n) is 11.9. The van der Waals surface area contributed by atoms with Gasteiger partial charge in [0.1, 0.15) is 0 Å². The molecule has 0 spiro atoms. The molecule has 0 N–H and O–H groups in total. The van der Waals surface area contributed by atoms with Crippen LogP contribution in [0.4, 0.5) is 0 Å². The molecule has 11 aromatic carbocycles. The Bertz CT molecular complexity index is 4170. The van der Waals surface area contributed by atoms with Crippen LogP contribution >= 0.6 is 0 Å². The smallest absolute Gasteiger partial charge is 0.179 e. The largest absolute Gasteiger partial charge is 0.309 e. The Kier molecular flexibility index (Phi) is 9.23. The van der Waals surface area contributed by atoms with Gasteiger partial charge in [-0.1, -0.05) is 212 Å². The quantitative estimate of drug-likeness (QED) is 0.107. The molecule has 0 aliphatic heterocycles. The lowest BCUT2D eigenvalue weighted by atomic mass is 9.97. The first-order valence-corrected chi connectivity index (χ1v) is 26.2. The summed E-state index contributed by atoms with van der Waals surface area (Å²) in [5.74, 6) is 0. The number of para-hydroxylation sites is 5. The molecule has 0 aliphatic rings. The second-order valence-electron chi connectivity index (χ2n) is 18.4. The average molecular weight is 908 g/mol. The van der Waals surface area contributed by atoms with Crippen molar-refractivity contribution in [3.8, 4) is 28.2 Å². The summed E-state index contributed by atoms with van der Waals surface area (Å²) in [5.41, 5.74) is 13.0. The molecule has 3 heterocycles. The molecule has 0 saturated heterocycles. The number of hydrogen-bond acceptors (Lipinski definition) is 0. The molecule has 3 nitrogen and oxygen atoms in total. The van der Waals surface area contributed by atoms with Gasteiger partial charge in [-0.25, -0.2) is 0 Å². The topological polar surface area (TPSA) is 14.8 Å². The van der Waals surface area contributed by atoms with Crippen LogP contribution in [0.1, 0.15) is 0 Å². The van der Waals surface area contributed by atoms with Crippen LogP contribution in [0.15, 0.2) is 273 Å². The van der Waals surface area contributed by atoms with E-state index in [4.69, 9.17) is 0 Å². The van der Waals surface area contributed by atoms with Crippen LogP contribution in [0.25, 0.3) is 93.6 Å². The highest BCUT2D eigenvalue weighted by atomic mass is 28.3. The van der Waals surface area contributed by atoms with Crippen LogP contribution in [0, 0.1) is 0 Å². The maximum absolute atomic E-state index is 2.70. The van der Waals surface area contributed by atoms with Crippen molar-refractivity contribution in [1.29, 1.82) is 0 Å². The maximum Gasteiger partial charge on any atom is 0.179 e. The molecular formula is C66H45N3Si. The maximum atomic E-state index is 2.48. The molecular weight excluding hydrogens is 863 g/mol. The third-order valence-electron chi connectivity index (χ3n) is 14.8. The number of rotatable bonds is 8. The van der Waals surface area contributed by atoms with Crippen LogP contribution in [-0.2, 0) is 0 Å².